The van der Waals surface area contributed by atoms with Gasteiger partial charge >= 0.3 is 6.00 Å². The Balaban J connectivity index is 2.38. The highest BCUT2D eigenvalue weighted by atomic mass is 35.8. The van der Waals surface area contributed by atoms with Crippen molar-refractivity contribution in [1.29, 1.82) is 0 Å². The summed E-state index contributed by atoms with van der Waals surface area (Å²) in [5.74, 6) is 1.70. The molecule has 0 aromatic heterocycles. The number of halogens is 3. The number of hydrogen-bond donors (Lipinski definition) is 0. The molecule has 1 rings (SSSR count). The maximum absolute atomic E-state index is 5.78. The van der Waals surface area contributed by atoms with Crippen LogP contribution in [0.2, 0.25) is 6.04 Å². The third-order valence-corrected chi connectivity index (χ3v) is 5.61. The van der Waals surface area contributed by atoms with E-state index in [0.717, 1.165) is 11.5 Å². The zero-order valence-corrected chi connectivity index (χ0v) is 12.3. The van der Waals surface area contributed by atoms with Gasteiger partial charge in [0, 0.05) is 4.90 Å². The predicted octanol–water partition coefficient (Wildman–Crippen LogP) is 4.44. The summed E-state index contributed by atoms with van der Waals surface area (Å²) in [6.45, 7) is 0. The quantitative estimate of drug-likeness (QED) is 0.452. The van der Waals surface area contributed by atoms with Crippen LogP contribution in [0.5, 0.6) is 5.75 Å². The molecular weight excluding hydrogens is 291 g/mol. The molecule has 15 heavy (non-hydrogen) atoms. The molecule has 0 heterocycles. The number of hydrogen-bond acceptors (Lipinski definition) is 2. The van der Waals surface area contributed by atoms with E-state index in [2.05, 4.69) is 0 Å². The minimum Gasteiger partial charge on any atom is -0.497 e. The number of benzene rings is 1. The average Bonchev–Trinajstić information content (AvgIpc) is 2.17. The first-order valence-corrected chi connectivity index (χ1v) is 10.6. The Bertz CT molecular complexity index is 299. The van der Waals surface area contributed by atoms with Crippen molar-refractivity contribution in [1.82, 2.24) is 0 Å². The topological polar surface area (TPSA) is 9.23 Å². The van der Waals surface area contributed by atoms with Gasteiger partial charge in [-0.1, -0.05) is 0 Å². The molecule has 0 fully saturated rings. The van der Waals surface area contributed by atoms with Gasteiger partial charge in [-0.15, -0.1) is 45.0 Å². The van der Waals surface area contributed by atoms with Gasteiger partial charge in [-0.2, -0.15) is 0 Å². The number of thioether (sulfide) groups is 1. The molecule has 0 atom stereocenters. The van der Waals surface area contributed by atoms with Crippen LogP contribution in [0.1, 0.15) is 0 Å². The molecular formula is C9H11Cl3OSSi. The first-order valence-electron chi connectivity index (χ1n) is 4.35. The lowest BCUT2D eigenvalue weighted by Gasteiger charge is -2.07. The van der Waals surface area contributed by atoms with Crippen molar-refractivity contribution in [2.45, 2.75) is 10.9 Å². The molecule has 0 radical (unpaired) electrons. The summed E-state index contributed by atoms with van der Waals surface area (Å²) in [4.78, 5) is 1.17. The van der Waals surface area contributed by atoms with Crippen LogP contribution in [-0.2, 0) is 0 Å². The zero-order chi connectivity index (χ0) is 11.3. The molecule has 0 saturated carbocycles. The molecule has 0 spiro atoms. The van der Waals surface area contributed by atoms with Crippen molar-refractivity contribution in [3.63, 3.8) is 0 Å². The molecule has 0 bridgehead atoms. The Labute approximate surface area is 109 Å². The molecule has 84 valence electrons. The lowest BCUT2D eigenvalue weighted by atomic mass is 10.3. The van der Waals surface area contributed by atoms with Crippen molar-refractivity contribution in [3.05, 3.63) is 24.3 Å². The highest BCUT2D eigenvalue weighted by molar-refractivity contribution is 7.99. The van der Waals surface area contributed by atoms with E-state index in [1.165, 1.54) is 4.90 Å². The van der Waals surface area contributed by atoms with Gasteiger partial charge in [0.15, 0.2) is 0 Å². The summed E-state index contributed by atoms with van der Waals surface area (Å²) in [7, 11) is 1.65. The van der Waals surface area contributed by atoms with Crippen LogP contribution >= 0.6 is 45.0 Å². The Hall–Kier alpha value is 0.457. The molecule has 0 aliphatic heterocycles. The highest BCUT2D eigenvalue weighted by Gasteiger charge is 2.23. The lowest BCUT2D eigenvalue weighted by Crippen LogP contribution is -2.09. The van der Waals surface area contributed by atoms with E-state index in [1.807, 2.05) is 24.3 Å². The molecule has 6 heteroatoms. The minimum absolute atomic E-state index is 0.675. The largest absolute Gasteiger partial charge is 0.497 e. The van der Waals surface area contributed by atoms with E-state index in [1.54, 1.807) is 18.9 Å². The van der Waals surface area contributed by atoms with Crippen molar-refractivity contribution in [2.75, 3.05) is 12.9 Å². The third-order valence-electron chi connectivity index (χ3n) is 1.71. The Kier molecular flexibility index (Phi) is 5.64. The normalized spacial score (nSPS) is 11.5. The van der Waals surface area contributed by atoms with Gasteiger partial charge in [0.05, 0.1) is 7.11 Å². The van der Waals surface area contributed by atoms with E-state index in [0.29, 0.717) is 6.04 Å². The second kappa shape index (κ2) is 6.26. The summed E-state index contributed by atoms with van der Waals surface area (Å²) in [6.07, 6.45) is 0. The Morgan fingerprint density at radius 2 is 1.80 bits per heavy atom. The summed E-state index contributed by atoms with van der Waals surface area (Å²) in [5, 5.41) is 0. The van der Waals surface area contributed by atoms with E-state index in [4.69, 9.17) is 38.0 Å². The van der Waals surface area contributed by atoms with Crippen LogP contribution in [-0.4, -0.2) is 18.9 Å². The van der Waals surface area contributed by atoms with Gasteiger partial charge in [-0.25, -0.2) is 0 Å². The van der Waals surface area contributed by atoms with E-state index in [-0.39, 0.29) is 0 Å². The van der Waals surface area contributed by atoms with Crippen LogP contribution in [0.3, 0.4) is 0 Å². The predicted molar refractivity (Wildman–Crippen MR) is 71.8 cm³/mol. The summed E-state index contributed by atoms with van der Waals surface area (Å²) in [5.41, 5.74) is 0. The molecule has 0 amide bonds. The molecule has 1 nitrogen and oxygen atoms in total. The number of methoxy groups -OCH3 is 1. The van der Waals surface area contributed by atoms with Crippen molar-refractivity contribution in [2.24, 2.45) is 0 Å². The third kappa shape index (κ3) is 5.93. The van der Waals surface area contributed by atoms with Gasteiger partial charge in [0.1, 0.15) is 5.75 Å². The minimum atomic E-state index is -2.46. The number of rotatable bonds is 5. The lowest BCUT2D eigenvalue weighted by molar-refractivity contribution is 0.414. The first kappa shape index (κ1) is 13.5. The fourth-order valence-electron chi connectivity index (χ4n) is 0.957. The van der Waals surface area contributed by atoms with Crippen molar-refractivity contribution in [3.8, 4) is 5.75 Å². The van der Waals surface area contributed by atoms with Gasteiger partial charge in [0.25, 0.3) is 0 Å². The van der Waals surface area contributed by atoms with Crippen molar-refractivity contribution < 1.29 is 4.74 Å². The zero-order valence-electron chi connectivity index (χ0n) is 8.17. The SMILES string of the molecule is COc1ccc(SCC[Si](Cl)(Cl)Cl)cc1. The van der Waals surface area contributed by atoms with Crippen LogP contribution in [0.4, 0.5) is 0 Å². The molecule has 1 aromatic rings. The Morgan fingerprint density at radius 3 is 2.27 bits per heavy atom. The van der Waals surface area contributed by atoms with E-state index < -0.39 is 6.00 Å². The number of ether oxygens (including phenoxy) is 1. The summed E-state index contributed by atoms with van der Waals surface area (Å²) >= 11 is 19.0. The fraction of sp³-hybridized carbons (Fsp3) is 0.333. The van der Waals surface area contributed by atoms with Crippen LogP contribution < -0.4 is 4.74 Å². The average molecular weight is 302 g/mol. The monoisotopic (exact) mass is 300 g/mol. The molecule has 0 aliphatic carbocycles. The van der Waals surface area contributed by atoms with Crippen LogP contribution in [0.25, 0.3) is 0 Å². The van der Waals surface area contributed by atoms with Gasteiger partial charge < -0.3 is 4.74 Å². The summed E-state index contributed by atoms with van der Waals surface area (Å²) < 4.78 is 5.06. The second-order valence-corrected chi connectivity index (χ2v) is 13.3. The summed E-state index contributed by atoms with van der Waals surface area (Å²) in [6, 6.07) is 6.08. The molecule has 1 aromatic carbocycles. The van der Waals surface area contributed by atoms with Crippen LogP contribution in [0.15, 0.2) is 29.2 Å². The molecule has 0 unspecified atom stereocenters. The Morgan fingerprint density at radius 1 is 1.20 bits per heavy atom. The van der Waals surface area contributed by atoms with E-state index in [9.17, 15) is 0 Å². The molecule has 0 saturated heterocycles. The molecule has 0 N–H and O–H groups in total. The second-order valence-electron chi connectivity index (χ2n) is 2.89. The maximum atomic E-state index is 5.78. The maximum Gasteiger partial charge on any atom is 0.342 e. The standard InChI is InChI=1S/C9H11Cl3OSSi/c1-13-8-2-4-9(5-3-8)14-6-7-15(10,11)12/h2-5H,6-7H2,1H3. The van der Waals surface area contributed by atoms with E-state index >= 15 is 0 Å². The van der Waals surface area contributed by atoms with Gasteiger partial charge in [-0.3, -0.25) is 0 Å². The van der Waals surface area contributed by atoms with Gasteiger partial charge in [-0.05, 0) is 36.1 Å². The van der Waals surface area contributed by atoms with Gasteiger partial charge in [0.2, 0.25) is 0 Å². The van der Waals surface area contributed by atoms with Crippen LogP contribution in [0, 0.1) is 0 Å². The highest BCUT2D eigenvalue weighted by Crippen LogP contribution is 2.29. The van der Waals surface area contributed by atoms with Crippen molar-refractivity contribution >= 4 is 51.0 Å². The first-order chi connectivity index (χ1) is 7.01. The fourth-order valence-corrected chi connectivity index (χ4v) is 4.94. The smallest absolute Gasteiger partial charge is 0.342 e. The molecule has 0 aliphatic rings.